The lowest BCUT2D eigenvalue weighted by molar-refractivity contribution is 0.0969. The van der Waals surface area contributed by atoms with Gasteiger partial charge >= 0.3 is 6.16 Å². The van der Waals surface area contributed by atoms with Gasteiger partial charge in [-0.05, 0) is 67.7 Å². The Labute approximate surface area is 182 Å². The minimum absolute atomic E-state index is 0.421. The topological polar surface area (TPSA) is 35.5 Å². The highest BCUT2D eigenvalue weighted by atomic mass is 16.7. The Hall–Kier alpha value is -2.29. The summed E-state index contributed by atoms with van der Waals surface area (Å²) in [6.07, 6.45) is 11.3. The minimum Gasteiger partial charge on any atom is -0.434 e. The zero-order valence-electron chi connectivity index (χ0n) is 18.8. The van der Waals surface area contributed by atoms with Gasteiger partial charge in [0, 0.05) is 0 Å². The fraction of sp³-hybridized carbons (Fsp3) is 0.519. The average Bonchev–Trinajstić information content (AvgIpc) is 2.77. The van der Waals surface area contributed by atoms with Gasteiger partial charge in [-0.15, -0.1) is 0 Å². The third-order valence-corrected chi connectivity index (χ3v) is 5.43. The first-order chi connectivity index (χ1) is 14.7. The first kappa shape index (κ1) is 24.0. The van der Waals surface area contributed by atoms with Crippen molar-refractivity contribution in [1.29, 1.82) is 0 Å². The molecular formula is C27H38O3. The normalized spacial score (nSPS) is 10.7. The molecule has 0 heterocycles. The average molecular weight is 411 g/mol. The van der Waals surface area contributed by atoms with Crippen LogP contribution in [0.3, 0.4) is 0 Å². The summed E-state index contributed by atoms with van der Waals surface area (Å²) < 4.78 is 10.9. The molecule has 0 atom stereocenters. The molecule has 0 amide bonds. The molecule has 164 valence electrons. The highest BCUT2D eigenvalue weighted by Crippen LogP contribution is 2.26. The van der Waals surface area contributed by atoms with E-state index in [-0.39, 0.29) is 0 Å². The Morgan fingerprint density at radius 3 is 2.23 bits per heavy atom. The second-order valence-corrected chi connectivity index (χ2v) is 7.95. The fourth-order valence-corrected chi connectivity index (χ4v) is 3.65. The summed E-state index contributed by atoms with van der Waals surface area (Å²) in [4.78, 5) is 12.2. The number of hydrogen-bond acceptors (Lipinski definition) is 3. The lowest BCUT2D eigenvalue weighted by Gasteiger charge is -2.14. The molecule has 0 bridgehead atoms. The summed E-state index contributed by atoms with van der Waals surface area (Å²) in [7, 11) is 0. The number of carbonyl (C=O) groups is 1. The Morgan fingerprint density at radius 2 is 1.47 bits per heavy atom. The molecular weight excluding hydrogens is 372 g/mol. The Kier molecular flexibility index (Phi) is 11.7. The summed E-state index contributed by atoms with van der Waals surface area (Å²) in [5, 5.41) is 0. The van der Waals surface area contributed by atoms with Gasteiger partial charge < -0.3 is 9.47 Å². The first-order valence-electron chi connectivity index (χ1n) is 11.7. The van der Waals surface area contributed by atoms with Crippen LogP contribution >= 0.6 is 0 Å². The number of rotatable bonds is 14. The molecule has 0 N–H and O–H groups in total. The molecule has 0 radical (unpaired) electrons. The van der Waals surface area contributed by atoms with E-state index in [4.69, 9.17) is 9.47 Å². The van der Waals surface area contributed by atoms with Crippen molar-refractivity contribution in [2.75, 3.05) is 6.61 Å². The first-order valence-corrected chi connectivity index (χ1v) is 11.7. The Bertz CT molecular complexity index is 724. The smallest absolute Gasteiger partial charge is 0.434 e. The van der Waals surface area contributed by atoms with Crippen LogP contribution < -0.4 is 4.74 Å². The van der Waals surface area contributed by atoms with Gasteiger partial charge in [0.2, 0.25) is 0 Å². The molecule has 0 aliphatic rings. The molecule has 0 aliphatic carbocycles. The zero-order chi connectivity index (χ0) is 21.4. The summed E-state index contributed by atoms with van der Waals surface area (Å²) in [6.45, 7) is 4.80. The van der Waals surface area contributed by atoms with E-state index in [2.05, 4.69) is 44.2 Å². The molecule has 0 aliphatic heterocycles. The number of ether oxygens (including phenoxy) is 2. The van der Waals surface area contributed by atoms with Crippen LogP contribution in [-0.4, -0.2) is 12.8 Å². The van der Waals surface area contributed by atoms with Crippen molar-refractivity contribution in [3.8, 4) is 5.75 Å². The predicted octanol–water partition coefficient (Wildman–Crippen LogP) is 7.69. The van der Waals surface area contributed by atoms with Crippen molar-refractivity contribution in [1.82, 2.24) is 0 Å². The number of benzene rings is 2. The Morgan fingerprint density at radius 1 is 0.733 bits per heavy atom. The number of hydrogen-bond donors (Lipinski definition) is 0. The number of unbranched alkanes of at least 4 members (excludes halogenated alkanes) is 5. The van der Waals surface area contributed by atoms with E-state index in [1.54, 1.807) is 0 Å². The monoisotopic (exact) mass is 410 g/mol. The van der Waals surface area contributed by atoms with Crippen molar-refractivity contribution < 1.29 is 14.3 Å². The van der Waals surface area contributed by atoms with E-state index in [1.807, 2.05) is 18.2 Å². The molecule has 0 saturated heterocycles. The van der Waals surface area contributed by atoms with Crippen LogP contribution in [0, 0.1) is 0 Å². The SMILES string of the molecule is CCCCc1cccc(OC(=O)OCCCCCCc2ccccc2)c1CCCC. The van der Waals surface area contributed by atoms with Crippen molar-refractivity contribution in [3.63, 3.8) is 0 Å². The highest BCUT2D eigenvalue weighted by Gasteiger charge is 2.13. The van der Waals surface area contributed by atoms with Gasteiger partial charge in [0.1, 0.15) is 5.75 Å². The number of carbonyl (C=O) groups excluding carboxylic acids is 1. The molecule has 2 aromatic carbocycles. The van der Waals surface area contributed by atoms with Crippen molar-refractivity contribution in [3.05, 3.63) is 65.2 Å². The minimum atomic E-state index is -0.579. The van der Waals surface area contributed by atoms with Gasteiger partial charge in [-0.1, -0.05) is 82.0 Å². The van der Waals surface area contributed by atoms with Crippen LogP contribution in [0.15, 0.2) is 48.5 Å². The molecule has 0 saturated carbocycles. The van der Waals surface area contributed by atoms with Crippen LogP contribution in [0.25, 0.3) is 0 Å². The summed E-state index contributed by atoms with van der Waals surface area (Å²) >= 11 is 0. The third kappa shape index (κ3) is 9.02. The van der Waals surface area contributed by atoms with Crippen molar-refractivity contribution in [2.45, 2.75) is 84.5 Å². The van der Waals surface area contributed by atoms with Gasteiger partial charge in [0.15, 0.2) is 0 Å². The van der Waals surface area contributed by atoms with Crippen LogP contribution in [0.2, 0.25) is 0 Å². The highest BCUT2D eigenvalue weighted by molar-refractivity contribution is 5.65. The molecule has 2 aromatic rings. The number of aryl methyl sites for hydroxylation is 2. The van der Waals surface area contributed by atoms with Crippen LogP contribution in [-0.2, 0) is 24.0 Å². The quantitative estimate of drug-likeness (QED) is 0.182. The summed E-state index contributed by atoms with van der Waals surface area (Å²) in [6, 6.07) is 16.6. The van der Waals surface area contributed by atoms with Gasteiger partial charge in [-0.2, -0.15) is 0 Å². The molecule has 3 nitrogen and oxygen atoms in total. The van der Waals surface area contributed by atoms with Crippen molar-refractivity contribution in [2.24, 2.45) is 0 Å². The molecule has 0 spiro atoms. The maximum Gasteiger partial charge on any atom is 0.513 e. The van der Waals surface area contributed by atoms with Crippen LogP contribution in [0.4, 0.5) is 4.79 Å². The van der Waals surface area contributed by atoms with E-state index in [9.17, 15) is 4.79 Å². The zero-order valence-corrected chi connectivity index (χ0v) is 18.8. The van der Waals surface area contributed by atoms with Gasteiger partial charge in [-0.3, -0.25) is 0 Å². The summed E-state index contributed by atoms with van der Waals surface area (Å²) in [5.74, 6) is 0.671. The molecule has 0 aromatic heterocycles. The van der Waals surface area contributed by atoms with E-state index in [0.717, 1.165) is 64.2 Å². The molecule has 2 rings (SSSR count). The predicted molar refractivity (Wildman–Crippen MR) is 124 cm³/mol. The molecule has 30 heavy (non-hydrogen) atoms. The van der Waals surface area contributed by atoms with E-state index < -0.39 is 6.16 Å². The third-order valence-electron chi connectivity index (χ3n) is 5.43. The molecule has 0 unspecified atom stereocenters. The van der Waals surface area contributed by atoms with Crippen molar-refractivity contribution >= 4 is 6.16 Å². The maximum atomic E-state index is 12.2. The van der Waals surface area contributed by atoms with Crippen LogP contribution in [0.5, 0.6) is 5.75 Å². The largest absolute Gasteiger partial charge is 0.513 e. The second kappa shape index (κ2) is 14.7. The second-order valence-electron chi connectivity index (χ2n) is 7.95. The standard InChI is InChI=1S/C27H38O3/c1-3-5-18-24-19-14-21-26(25(24)20-6-4-2)30-27(28)29-22-13-8-7-10-15-23-16-11-9-12-17-23/h9,11-12,14,16-17,19,21H,3-8,10,13,15,18,20,22H2,1-2H3. The molecule has 3 heteroatoms. The van der Waals surface area contributed by atoms with E-state index in [1.165, 1.54) is 23.1 Å². The fourth-order valence-electron chi connectivity index (χ4n) is 3.65. The summed E-state index contributed by atoms with van der Waals surface area (Å²) in [5.41, 5.74) is 3.86. The molecule has 0 fully saturated rings. The van der Waals surface area contributed by atoms with Crippen LogP contribution in [0.1, 0.15) is 81.9 Å². The Balaban J connectivity index is 1.71. The lowest BCUT2D eigenvalue weighted by Crippen LogP contribution is -2.13. The lowest BCUT2D eigenvalue weighted by atomic mass is 9.97. The van der Waals surface area contributed by atoms with E-state index in [0.29, 0.717) is 12.4 Å². The van der Waals surface area contributed by atoms with Gasteiger partial charge in [-0.25, -0.2) is 4.79 Å². The maximum absolute atomic E-state index is 12.2. The van der Waals surface area contributed by atoms with Gasteiger partial charge in [0.05, 0.1) is 6.61 Å². The van der Waals surface area contributed by atoms with Gasteiger partial charge in [0.25, 0.3) is 0 Å². The van der Waals surface area contributed by atoms with E-state index >= 15 is 0 Å².